The van der Waals surface area contributed by atoms with Gasteiger partial charge in [-0.3, -0.25) is 0 Å². The van der Waals surface area contributed by atoms with Crippen LogP contribution in [0.3, 0.4) is 0 Å². The number of rotatable bonds is 3. The van der Waals surface area contributed by atoms with E-state index in [1.165, 1.54) is 4.88 Å². The summed E-state index contributed by atoms with van der Waals surface area (Å²) in [5.74, 6) is 0.884. The lowest BCUT2D eigenvalue weighted by Gasteiger charge is -2.01. The van der Waals surface area contributed by atoms with Gasteiger partial charge < -0.3 is 4.98 Å². The third-order valence-electron chi connectivity index (χ3n) is 4.62. The van der Waals surface area contributed by atoms with E-state index in [0.29, 0.717) is 0 Å². The summed E-state index contributed by atoms with van der Waals surface area (Å²) >= 11 is 1.73. The molecular formula is C23H17N3S. The van der Waals surface area contributed by atoms with Gasteiger partial charge in [0.25, 0.3) is 0 Å². The summed E-state index contributed by atoms with van der Waals surface area (Å²) < 4.78 is 0. The molecule has 0 radical (unpaired) electrons. The van der Waals surface area contributed by atoms with E-state index in [1.807, 2.05) is 30.3 Å². The zero-order valence-corrected chi connectivity index (χ0v) is 15.6. The number of aryl methyl sites for hydroxylation is 1. The summed E-state index contributed by atoms with van der Waals surface area (Å²) in [4.78, 5) is 14.3. The molecule has 0 aliphatic heterocycles. The van der Waals surface area contributed by atoms with Gasteiger partial charge in [-0.05, 0) is 25.1 Å². The van der Waals surface area contributed by atoms with Crippen LogP contribution in [0.4, 0.5) is 0 Å². The number of para-hydroxylation sites is 2. The first-order valence-corrected chi connectivity index (χ1v) is 9.68. The number of fused-ring (bicyclic) bond motifs is 1. The van der Waals surface area contributed by atoms with Crippen LogP contribution in [0.15, 0.2) is 78.9 Å². The van der Waals surface area contributed by atoms with Gasteiger partial charge >= 0.3 is 0 Å². The van der Waals surface area contributed by atoms with E-state index in [0.717, 1.165) is 44.2 Å². The summed E-state index contributed by atoms with van der Waals surface area (Å²) in [5.41, 5.74) is 6.43. The number of nitrogens with one attached hydrogen (secondary N) is 1. The molecule has 1 N–H and O–H groups in total. The van der Waals surface area contributed by atoms with Gasteiger partial charge in [-0.1, -0.05) is 60.7 Å². The maximum atomic E-state index is 4.92. The number of nitrogens with zero attached hydrogens (tertiary/aromatic N) is 2. The molecule has 27 heavy (non-hydrogen) atoms. The predicted molar refractivity (Wildman–Crippen MR) is 113 cm³/mol. The molecule has 0 unspecified atom stereocenters. The van der Waals surface area contributed by atoms with Gasteiger partial charge in [0.05, 0.1) is 16.7 Å². The van der Waals surface area contributed by atoms with Crippen LogP contribution < -0.4 is 0 Å². The molecule has 0 atom stereocenters. The highest BCUT2D eigenvalue weighted by Gasteiger charge is 2.12. The number of aromatic nitrogens is 3. The highest BCUT2D eigenvalue weighted by atomic mass is 32.1. The molecule has 3 nitrogen and oxygen atoms in total. The highest BCUT2D eigenvalue weighted by Crippen LogP contribution is 2.34. The summed E-state index contributed by atoms with van der Waals surface area (Å²) in [6, 6.07) is 26.9. The number of hydrogen-bond acceptors (Lipinski definition) is 3. The lowest BCUT2D eigenvalue weighted by Crippen LogP contribution is -1.83. The maximum Gasteiger partial charge on any atom is 0.138 e. The Bertz CT molecular complexity index is 1200. The third kappa shape index (κ3) is 2.94. The first-order valence-electron chi connectivity index (χ1n) is 8.86. The van der Waals surface area contributed by atoms with Crippen molar-refractivity contribution < 1.29 is 0 Å². The largest absolute Gasteiger partial charge is 0.338 e. The highest BCUT2D eigenvalue weighted by molar-refractivity contribution is 7.15. The number of imidazole rings is 1. The van der Waals surface area contributed by atoms with E-state index in [1.54, 1.807) is 11.3 Å². The predicted octanol–water partition coefficient (Wildman–Crippen LogP) is 6.33. The van der Waals surface area contributed by atoms with Crippen LogP contribution in [0.5, 0.6) is 0 Å². The summed E-state index contributed by atoms with van der Waals surface area (Å²) in [6.07, 6.45) is 0. The normalized spacial score (nSPS) is 11.1. The van der Waals surface area contributed by atoms with Crippen LogP contribution in [-0.4, -0.2) is 15.0 Å². The minimum atomic E-state index is 0.884. The van der Waals surface area contributed by atoms with Crippen molar-refractivity contribution in [1.82, 2.24) is 15.0 Å². The Morgan fingerprint density at radius 2 is 1.48 bits per heavy atom. The van der Waals surface area contributed by atoms with Crippen molar-refractivity contribution in [2.75, 3.05) is 0 Å². The van der Waals surface area contributed by atoms with Crippen molar-refractivity contribution in [2.45, 2.75) is 6.92 Å². The molecule has 4 heteroatoms. The second-order valence-electron chi connectivity index (χ2n) is 6.47. The van der Waals surface area contributed by atoms with Gasteiger partial charge in [0.1, 0.15) is 10.8 Å². The van der Waals surface area contributed by atoms with Crippen molar-refractivity contribution in [3.63, 3.8) is 0 Å². The van der Waals surface area contributed by atoms with E-state index in [9.17, 15) is 0 Å². The Balaban J connectivity index is 1.56. The quantitative estimate of drug-likeness (QED) is 0.405. The zero-order chi connectivity index (χ0) is 18.2. The summed E-state index contributed by atoms with van der Waals surface area (Å²) in [5, 5.41) is 1.03. The minimum absolute atomic E-state index is 0.884. The molecule has 0 aliphatic rings. The number of H-pyrrole nitrogens is 1. The zero-order valence-electron chi connectivity index (χ0n) is 14.8. The van der Waals surface area contributed by atoms with Gasteiger partial charge in [0.15, 0.2) is 0 Å². The lowest BCUT2D eigenvalue weighted by molar-refractivity contribution is 1.33. The molecule has 5 rings (SSSR count). The topological polar surface area (TPSA) is 41.6 Å². The summed E-state index contributed by atoms with van der Waals surface area (Å²) in [6.45, 7) is 2.13. The molecule has 0 fully saturated rings. The molecule has 130 valence electrons. The van der Waals surface area contributed by atoms with E-state index in [4.69, 9.17) is 9.97 Å². The van der Waals surface area contributed by atoms with Crippen molar-refractivity contribution >= 4 is 22.4 Å². The Morgan fingerprint density at radius 3 is 2.33 bits per heavy atom. The Labute approximate surface area is 161 Å². The maximum absolute atomic E-state index is 4.92. The fourth-order valence-corrected chi connectivity index (χ4v) is 4.20. The molecule has 0 spiro atoms. The van der Waals surface area contributed by atoms with Gasteiger partial charge in [-0.2, -0.15) is 0 Å². The second-order valence-corrected chi connectivity index (χ2v) is 7.68. The molecule has 3 aromatic carbocycles. The van der Waals surface area contributed by atoms with E-state index in [2.05, 4.69) is 60.4 Å². The van der Waals surface area contributed by atoms with Gasteiger partial charge in [0.2, 0.25) is 0 Å². The Hall–Kier alpha value is -3.24. The molecule has 0 saturated heterocycles. The molecule has 0 bridgehead atoms. The third-order valence-corrected chi connectivity index (χ3v) is 5.64. The molecule has 2 heterocycles. The molecule has 5 aromatic rings. The first-order chi connectivity index (χ1) is 13.3. The van der Waals surface area contributed by atoms with E-state index < -0.39 is 0 Å². The van der Waals surface area contributed by atoms with Crippen molar-refractivity contribution in [3.8, 4) is 33.2 Å². The second kappa shape index (κ2) is 6.49. The first kappa shape index (κ1) is 16.0. The average Bonchev–Trinajstić information content (AvgIpc) is 3.32. The van der Waals surface area contributed by atoms with Gasteiger partial charge in [-0.25, -0.2) is 9.97 Å². The van der Waals surface area contributed by atoms with E-state index >= 15 is 0 Å². The standard InChI is InChI=1S/C23H17N3S/c1-15-21(16-8-3-2-4-9-16)26-23(27-15)18-11-7-10-17(14-18)22-24-19-12-5-6-13-20(19)25-22/h2-14H,1H3,(H,24,25). The Kier molecular flexibility index (Phi) is 3.84. The van der Waals surface area contributed by atoms with Crippen LogP contribution in [-0.2, 0) is 0 Å². The fraction of sp³-hybridized carbons (Fsp3) is 0.0435. The number of hydrogen-bond donors (Lipinski definition) is 1. The average molecular weight is 367 g/mol. The number of thiazole rings is 1. The molecule has 0 saturated carbocycles. The van der Waals surface area contributed by atoms with Crippen molar-refractivity contribution in [1.29, 1.82) is 0 Å². The van der Waals surface area contributed by atoms with Crippen LogP contribution in [0.2, 0.25) is 0 Å². The van der Waals surface area contributed by atoms with Gasteiger partial charge in [-0.15, -0.1) is 11.3 Å². The van der Waals surface area contributed by atoms with Crippen LogP contribution in [0, 0.1) is 6.92 Å². The molecule has 0 amide bonds. The monoisotopic (exact) mass is 367 g/mol. The number of benzene rings is 3. The molecule has 0 aliphatic carbocycles. The van der Waals surface area contributed by atoms with Gasteiger partial charge in [0, 0.05) is 21.6 Å². The molecule has 2 aromatic heterocycles. The molecular weight excluding hydrogens is 350 g/mol. The van der Waals surface area contributed by atoms with E-state index in [-0.39, 0.29) is 0 Å². The van der Waals surface area contributed by atoms with Crippen molar-refractivity contribution in [2.24, 2.45) is 0 Å². The summed E-state index contributed by atoms with van der Waals surface area (Å²) in [7, 11) is 0. The lowest BCUT2D eigenvalue weighted by atomic mass is 10.1. The smallest absolute Gasteiger partial charge is 0.138 e. The SMILES string of the molecule is Cc1sc(-c2cccc(-c3nc4ccccc4[nH]3)c2)nc1-c1ccccc1. The Morgan fingerprint density at radius 1 is 0.741 bits per heavy atom. The van der Waals surface area contributed by atoms with Crippen molar-refractivity contribution in [3.05, 3.63) is 83.7 Å². The van der Waals surface area contributed by atoms with Crippen LogP contribution in [0.25, 0.3) is 44.2 Å². The minimum Gasteiger partial charge on any atom is -0.338 e. The number of aromatic amines is 1. The van der Waals surface area contributed by atoms with Crippen LogP contribution in [0.1, 0.15) is 4.88 Å². The fourth-order valence-electron chi connectivity index (χ4n) is 3.27. The van der Waals surface area contributed by atoms with Crippen LogP contribution >= 0.6 is 11.3 Å².